The second-order valence-corrected chi connectivity index (χ2v) is 6.19. The summed E-state index contributed by atoms with van der Waals surface area (Å²) in [6.07, 6.45) is 5.14. The fourth-order valence-electron chi connectivity index (χ4n) is 2.28. The van der Waals surface area contributed by atoms with E-state index in [9.17, 15) is 0 Å². The molecule has 2 rings (SSSR count). The summed E-state index contributed by atoms with van der Waals surface area (Å²) in [6, 6.07) is 0. The lowest BCUT2D eigenvalue weighted by molar-refractivity contribution is 0.00578. The Labute approximate surface area is 104 Å². The number of aliphatic hydroxyl groups is 1. The zero-order valence-corrected chi connectivity index (χ0v) is 11.3. The van der Waals surface area contributed by atoms with Gasteiger partial charge in [-0.05, 0) is 58.3 Å². The highest BCUT2D eigenvalue weighted by atomic mass is 16.7. The SMILES string of the molecule is CC1(C)OB(C2=CC[C@@H](CO)CC2)OC1(C)C. The first-order valence-corrected chi connectivity index (χ1v) is 6.51. The highest BCUT2D eigenvalue weighted by Gasteiger charge is 2.52. The van der Waals surface area contributed by atoms with Gasteiger partial charge in [-0.3, -0.25) is 0 Å². The predicted molar refractivity (Wildman–Crippen MR) is 68.6 cm³/mol. The van der Waals surface area contributed by atoms with Crippen LogP contribution in [0.2, 0.25) is 0 Å². The molecule has 1 saturated heterocycles. The minimum absolute atomic E-state index is 0.195. The van der Waals surface area contributed by atoms with Crippen LogP contribution < -0.4 is 0 Å². The van der Waals surface area contributed by atoms with Crippen LogP contribution >= 0.6 is 0 Å². The number of hydrogen-bond acceptors (Lipinski definition) is 3. The number of hydrogen-bond donors (Lipinski definition) is 1. The normalized spacial score (nSPS) is 31.5. The van der Waals surface area contributed by atoms with Gasteiger partial charge in [-0.15, -0.1) is 0 Å². The van der Waals surface area contributed by atoms with E-state index in [1.54, 1.807) is 0 Å². The average Bonchev–Trinajstić information content (AvgIpc) is 2.48. The van der Waals surface area contributed by atoms with Gasteiger partial charge in [0.15, 0.2) is 0 Å². The molecule has 17 heavy (non-hydrogen) atoms. The average molecular weight is 238 g/mol. The molecule has 1 fully saturated rings. The molecule has 1 N–H and O–H groups in total. The lowest BCUT2D eigenvalue weighted by Gasteiger charge is -2.32. The van der Waals surface area contributed by atoms with Crippen LogP contribution in [0.5, 0.6) is 0 Å². The second kappa shape index (κ2) is 4.41. The molecule has 0 saturated carbocycles. The maximum absolute atomic E-state index is 9.12. The molecule has 0 bridgehead atoms. The van der Waals surface area contributed by atoms with Crippen molar-refractivity contribution >= 4 is 7.12 Å². The van der Waals surface area contributed by atoms with E-state index < -0.39 is 0 Å². The molecular formula is C13H23BO3. The van der Waals surface area contributed by atoms with Gasteiger partial charge in [-0.25, -0.2) is 0 Å². The number of allylic oxidation sites excluding steroid dienone is 2. The van der Waals surface area contributed by atoms with Crippen molar-refractivity contribution in [1.82, 2.24) is 0 Å². The van der Waals surface area contributed by atoms with Crippen LogP contribution in [0.25, 0.3) is 0 Å². The van der Waals surface area contributed by atoms with E-state index in [4.69, 9.17) is 14.4 Å². The highest BCUT2D eigenvalue weighted by Crippen LogP contribution is 2.40. The quantitative estimate of drug-likeness (QED) is 0.750. The van der Waals surface area contributed by atoms with Crippen molar-refractivity contribution in [3.8, 4) is 0 Å². The van der Waals surface area contributed by atoms with Crippen LogP contribution in [0.3, 0.4) is 0 Å². The molecule has 0 amide bonds. The van der Waals surface area contributed by atoms with Crippen molar-refractivity contribution < 1.29 is 14.4 Å². The Balaban J connectivity index is 2.05. The molecule has 3 nitrogen and oxygen atoms in total. The molecule has 1 heterocycles. The van der Waals surface area contributed by atoms with Crippen molar-refractivity contribution in [3.63, 3.8) is 0 Å². The van der Waals surface area contributed by atoms with E-state index in [0.29, 0.717) is 5.92 Å². The minimum atomic E-state index is -0.258. The summed E-state index contributed by atoms with van der Waals surface area (Å²) in [4.78, 5) is 0. The lowest BCUT2D eigenvalue weighted by atomic mass is 9.71. The monoisotopic (exact) mass is 238 g/mol. The van der Waals surface area contributed by atoms with Gasteiger partial charge in [-0.1, -0.05) is 6.08 Å². The van der Waals surface area contributed by atoms with Gasteiger partial charge in [0.1, 0.15) is 0 Å². The molecule has 96 valence electrons. The van der Waals surface area contributed by atoms with Gasteiger partial charge in [0.2, 0.25) is 0 Å². The van der Waals surface area contributed by atoms with E-state index in [1.165, 1.54) is 5.47 Å². The molecule has 0 radical (unpaired) electrons. The number of aliphatic hydroxyl groups excluding tert-OH is 1. The molecule has 0 unspecified atom stereocenters. The largest absolute Gasteiger partial charge is 0.490 e. The molecule has 0 spiro atoms. The Kier molecular flexibility index (Phi) is 3.41. The third-order valence-corrected chi connectivity index (χ3v) is 4.37. The molecule has 1 aliphatic carbocycles. The predicted octanol–water partition coefficient (Wildman–Crippen LogP) is 2.34. The standard InChI is InChI=1S/C13H23BO3/c1-12(2)13(3,4)17-14(16-12)11-7-5-10(9-15)6-8-11/h7,10,15H,5-6,8-9H2,1-4H3/t10-/m1/s1. The van der Waals surface area contributed by atoms with Gasteiger partial charge in [0.25, 0.3) is 0 Å². The van der Waals surface area contributed by atoms with Crippen LogP contribution in [0.15, 0.2) is 11.5 Å². The maximum Gasteiger partial charge on any atom is 0.490 e. The van der Waals surface area contributed by atoms with Gasteiger partial charge in [-0.2, -0.15) is 0 Å². The van der Waals surface area contributed by atoms with Crippen LogP contribution in [-0.2, 0) is 9.31 Å². The van der Waals surface area contributed by atoms with E-state index >= 15 is 0 Å². The molecule has 1 atom stereocenters. The van der Waals surface area contributed by atoms with E-state index in [1.807, 2.05) is 0 Å². The zero-order chi connectivity index (χ0) is 12.7. The Hall–Kier alpha value is -0.315. The highest BCUT2D eigenvalue weighted by molar-refractivity contribution is 6.54. The summed E-state index contributed by atoms with van der Waals surface area (Å²) in [6.45, 7) is 8.59. The van der Waals surface area contributed by atoms with Crippen LogP contribution in [-0.4, -0.2) is 30.0 Å². The molecule has 0 aromatic heterocycles. The van der Waals surface area contributed by atoms with Gasteiger partial charge >= 0.3 is 7.12 Å². The summed E-state index contributed by atoms with van der Waals surface area (Å²) in [5, 5.41) is 9.12. The topological polar surface area (TPSA) is 38.7 Å². The van der Waals surface area contributed by atoms with Crippen molar-refractivity contribution in [2.24, 2.45) is 5.92 Å². The van der Waals surface area contributed by atoms with E-state index in [-0.39, 0.29) is 24.9 Å². The van der Waals surface area contributed by atoms with Crippen molar-refractivity contribution in [2.45, 2.75) is 58.2 Å². The summed E-state index contributed by atoms with van der Waals surface area (Å²) >= 11 is 0. The van der Waals surface area contributed by atoms with Gasteiger partial charge in [0.05, 0.1) is 11.2 Å². The third-order valence-electron chi connectivity index (χ3n) is 4.37. The van der Waals surface area contributed by atoms with Gasteiger partial charge < -0.3 is 14.4 Å². The van der Waals surface area contributed by atoms with Crippen LogP contribution in [0.1, 0.15) is 47.0 Å². The molecule has 0 aromatic rings. The lowest BCUT2D eigenvalue weighted by Crippen LogP contribution is -2.41. The molecule has 2 aliphatic rings. The fourth-order valence-corrected chi connectivity index (χ4v) is 2.28. The Morgan fingerprint density at radius 3 is 2.29 bits per heavy atom. The Morgan fingerprint density at radius 2 is 1.88 bits per heavy atom. The smallest absolute Gasteiger partial charge is 0.400 e. The van der Waals surface area contributed by atoms with Crippen molar-refractivity contribution in [2.75, 3.05) is 6.61 Å². The van der Waals surface area contributed by atoms with Gasteiger partial charge in [0, 0.05) is 6.61 Å². The summed E-state index contributed by atoms with van der Waals surface area (Å²) < 4.78 is 12.0. The minimum Gasteiger partial charge on any atom is -0.400 e. The maximum atomic E-state index is 9.12. The third kappa shape index (κ3) is 2.44. The molecule has 4 heteroatoms. The van der Waals surface area contributed by atoms with Crippen molar-refractivity contribution in [1.29, 1.82) is 0 Å². The van der Waals surface area contributed by atoms with E-state index in [0.717, 1.165) is 19.3 Å². The van der Waals surface area contributed by atoms with E-state index in [2.05, 4.69) is 33.8 Å². The first kappa shape index (κ1) is 13.1. The summed E-state index contributed by atoms with van der Waals surface area (Å²) in [5.41, 5.74) is 0.729. The number of rotatable bonds is 2. The zero-order valence-electron chi connectivity index (χ0n) is 11.3. The Morgan fingerprint density at radius 1 is 1.29 bits per heavy atom. The van der Waals surface area contributed by atoms with Crippen LogP contribution in [0.4, 0.5) is 0 Å². The molecule has 0 aromatic carbocycles. The fraction of sp³-hybridized carbons (Fsp3) is 0.846. The summed E-state index contributed by atoms with van der Waals surface area (Å²) in [7, 11) is -0.195. The molecular weight excluding hydrogens is 215 g/mol. The Bertz CT molecular complexity index is 307. The molecule has 1 aliphatic heterocycles. The summed E-state index contributed by atoms with van der Waals surface area (Å²) in [5.74, 6) is 0.418. The first-order chi connectivity index (χ1) is 7.86. The first-order valence-electron chi connectivity index (χ1n) is 6.51. The van der Waals surface area contributed by atoms with Crippen molar-refractivity contribution in [3.05, 3.63) is 11.5 Å². The second-order valence-electron chi connectivity index (χ2n) is 6.19. The van der Waals surface area contributed by atoms with Crippen LogP contribution in [0, 0.1) is 5.92 Å².